The summed E-state index contributed by atoms with van der Waals surface area (Å²) in [6, 6.07) is 0. The summed E-state index contributed by atoms with van der Waals surface area (Å²) in [7, 11) is 0. The quantitative estimate of drug-likeness (QED) is 0.338. The van der Waals surface area contributed by atoms with Crippen molar-refractivity contribution < 1.29 is 9.94 Å². The van der Waals surface area contributed by atoms with Crippen LogP contribution >= 0.6 is 0 Å². The molecule has 0 aliphatic carbocycles. The molecular formula is C5H11NO2. The lowest BCUT2D eigenvalue weighted by Crippen LogP contribution is -2.03. The van der Waals surface area contributed by atoms with Gasteiger partial charge in [-0.05, 0) is 13.8 Å². The average Bonchev–Trinajstić information content (AvgIpc) is 1.83. The first-order valence-electron chi connectivity index (χ1n) is 2.56. The molecule has 48 valence electrons. The smallest absolute Gasteiger partial charge is 0.0878 e. The summed E-state index contributed by atoms with van der Waals surface area (Å²) in [6.07, 6.45) is 0. The predicted octanol–water partition coefficient (Wildman–Crippen LogP) is 0.873. The molecule has 0 fully saturated rings. The van der Waals surface area contributed by atoms with Crippen molar-refractivity contribution >= 4 is 5.71 Å². The van der Waals surface area contributed by atoms with Gasteiger partial charge in [-0.25, -0.2) is 0 Å². The third-order valence-electron chi connectivity index (χ3n) is 0.686. The van der Waals surface area contributed by atoms with E-state index >= 15 is 0 Å². The van der Waals surface area contributed by atoms with Gasteiger partial charge in [-0.3, -0.25) is 0 Å². The molecule has 0 aliphatic heterocycles. The Morgan fingerprint density at radius 1 is 1.75 bits per heavy atom. The summed E-state index contributed by atoms with van der Waals surface area (Å²) < 4.78 is 4.90. The second-order valence-corrected chi connectivity index (χ2v) is 1.47. The van der Waals surface area contributed by atoms with Gasteiger partial charge in [0, 0.05) is 6.61 Å². The van der Waals surface area contributed by atoms with Crippen LogP contribution in [0.4, 0.5) is 0 Å². The zero-order chi connectivity index (χ0) is 6.41. The van der Waals surface area contributed by atoms with Crippen LogP contribution in [0.5, 0.6) is 0 Å². The number of oxime groups is 1. The van der Waals surface area contributed by atoms with Gasteiger partial charge in [0.2, 0.25) is 0 Å². The van der Waals surface area contributed by atoms with Crippen molar-refractivity contribution in [2.24, 2.45) is 5.16 Å². The standard InChI is InChI=1S/C5H11NO2/c1-3-8-4-5(2)6-7/h7H,3-4H2,1-2H3/b6-5+. The molecule has 0 atom stereocenters. The van der Waals surface area contributed by atoms with E-state index in [0.29, 0.717) is 18.9 Å². The maximum atomic E-state index is 8.07. The van der Waals surface area contributed by atoms with Crippen LogP contribution in [0.2, 0.25) is 0 Å². The van der Waals surface area contributed by atoms with Crippen molar-refractivity contribution in [1.29, 1.82) is 0 Å². The number of ether oxygens (including phenoxy) is 1. The molecule has 0 saturated heterocycles. The Bertz CT molecular complexity index is 80.5. The Morgan fingerprint density at radius 2 is 2.38 bits per heavy atom. The van der Waals surface area contributed by atoms with E-state index in [1.807, 2.05) is 6.92 Å². The summed E-state index contributed by atoms with van der Waals surface area (Å²) in [5, 5.41) is 11.0. The van der Waals surface area contributed by atoms with Gasteiger partial charge < -0.3 is 9.94 Å². The van der Waals surface area contributed by atoms with Crippen molar-refractivity contribution in [3.05, 3.63) is 0 Å². The second kappa shape index (κ2) is 4.59. The van der Waals surface area contributed by atoms with Crippen molar-refractivity contribution in [1.82, 2.24) is 0 Å². The first kappa shape index (κ1) is 7.43. The lowest BCUT2D eigenvalue weighted by Gasteiger charge is -1.95. The number of nitrogens with zero attached hydrogens (tertiary/aromatic N) is 1. The number of hydrogen-bond donors (Lipinski definition) is 1. The molecule has 0 unspecified atom stereocenters. The fourth-order valence-corrected chi connectivity index (χ4v) is 0.279. The molecule has 8 heavy (non-hydrogen) atoms. The third-order valence-corrected chi connectivity index (χ3v) is 0.686. The van der Waals surface area contributed by atoms with Gasteiger partial charge in [0.25, 0.3) is 0 Å². The van der Waals surface area contributed by atoms with Crippen LogP contribution in [0.3, 0.4) is 0 Å². The van der Waals surface area contributed by atoms with E-state index in [0.717, 1.165) is 0 Å². The Balaban J connectivity index is 3.12. The van der Waals surface area contributed by atoms with E-state index in [1.165, 1.54) is 0 Å². The normalized spacial score (nSPS) is 12.0. The molecule has 0 saturated carbocycles. The lowest BCUT2D eigenvalue weighted by atomic mass is 10.5. The molecule has 3 heteroatoms. The Hall–Kier alpha value is -0.570. The highest BCUT2D eigenvalue weighted by molar-refractivity contribution is 5.82. The maximum absolute atomic E-state index is 8.07. The fourth-order valence-electron chi connectivity index (χ4n) is 0.279. The Kier molecular flexibility index (Phi) is 4.26. The Morgan fingerprint density at radius 3 is 2.75 bits per heavy atom. The van der Waals surface area contributed by atoms with E-state index in [1.54, 1.807) is 6.92 Å². The first-order chi connectivity index (χ1) is 3.81. The summed E-state index contributed by atoms with van der Waals surface area (Å²) >= 11 is 0. The topological polar surface area (TPSA) is 41.8 Å². The van der Waals surface area contributed by atoms with Gasteiger partial charge in [-0.1, -0.05) is 5.16 Å². The van der Waals surface area contributed by atoms with Gasteiger partial charge in [-0.15, -0.1) is 0 Å². The molecule has 0 amide bonds. The molecule has 3 nitrogen and oxygen atoms in total. The van der Waals surface area contributed by atoms with Crippen molar-refractivity contribution in [3.8, 4) is 0 Å². The molecule has 0 spiro atoms. The van der Waals surface area contributed by atoms with E-state index in [9.17, 15) is 0 Å². The summed E-state index contributed by atoms with van der Waals surface area (Å²) in [5.41, 5.74) is 0.604. The highest BCUT2D eigenvalue weighted by Gasteiger charge is 1.86. The van der Waals surface area contributed by atoms with Crippen LogP contribution < -0.4 is 0 Å². The van der Waals surface area contributed by atoms with E-state index in [2.05, 4.69) is 5.16 Å². The monoisotopic (exact) mass is 117 g/mol. The van der Waals surface area contributed by atoms with Crippen LogP contribution in [0.1, 0.15) is 13.8 Å². The molecule has 0 rings (SSSR count). The third kappa shape index (κ3) is 3.61. The minimum Gasteiger partial charge on any atom is -0.411 e. The van der Waals surface area contributed by atoms with Crippen LogP contribution in [-0.4, -0.2) is 24.1 Å². The van der Waals surface area contributed by atoms with Gasteiger partial charge in [0.1, 0.15) is 0 Å². The molecular weight excluding hydrogens is 106 g/mol. The molecule has 1 N–H and O–H groups in total. The highest BCUT2D eigenvalue weighted by Crippen LogP contribution is 1.76. The van der Waals surface area contributed by atoms with Crippen LogP contribution in [-0.2, 0) is 4.74 Å². The molecule has 0 aromatic carbocycles. The molecule has 0 aromatic heterocycles. The average molecular weight is 117 g/mol. The largest absolute Gasteiger partial charge is 0.411 e. The van der Waals surface area contributed by atoms with Crippen LogP contribution in [0.25, 0.3) is 0 Å². The summed E-state index contributed by atoms with van der Waals surface area (Å²) in [6.45, 7) is 4.68. The SMILES string of the molecule is CCOC/C(C)=N/O. The minimum absolute atomic E-state index is 0.424. The van der Waals surface area contributed by atoms with Crippen molar-refractivity contribution in [2.75, 3.05) is 13.2 Å². The second-order valence-electron chi connectivity index (χ2n) is 1.47. The van der Waals surface area contributed by atoms with E-state index in [4.69, 9.17) is 9.94 Å². The van der Waals surface area contributed by atoms with Crippen molar-refractivity contribution in [2.45, 2.75) is 13.8 Å². The van der Waals surface area contributed by atoms with Crippen LogP contribution in [0.15, 0.2) is 5.16 Å². The van der Waals surface area contributed by atoms with Gasteiger partial charge in [-0.2, -0.15) is 0 Å². The van der Waals surface area contributed by atoms with E-state index in [-0.39, 0.29) is 0 Å². The minimum atomic E-state index is 0.424. The predicted molar refractivity (Wildman–Crippen MR) is 31.4 cm³/mol. The zero-order valence-electron chi connectivity index (χ0n) is 5.22. The van der Waals surface area contributed by atoms with Crippen molar-refractivity contribution in [3.63, 3.8) is 0 Å². The molecule has 0 aromatic rings. The van der Waals surface area contributed by atoms with Gasteiger partial charge in [0.05, 0.1) is 12.3 Å². The molecule has 0 heterocycles. The summed E-state index contributed by atoms with van der Waals surface area (Å²) in [4.78, 5) is 0. The summed E-state index contributed by atoms with van der Waals surface area (Å²) in [5.74, 6) is 0. The van der Waals surface area contributed by atoms with Gasteiger partial charge in [0.15, 0.2) is 0 Å². The Labute approximate surface area is 49.0 Å². The van der Waals surface area contributed by atoms with Gasteiger partial charge >= 0.3 is 0 Å². The lowest BCUT2D eigenvalue weighted by molar-refractivity contribution is 0.183. The number of hydrogen-bond acceptors (Lipinski definition) is 3. The zero-order valence-corrected chi connectivity index (χ0v) is 5.22. The molecule has 0 aliphatic rings. The highest BCUT2D eigenvalue weighted by atomic mass is 16.5. The number of rotatable bonds is 3. The first-order valence-corrected chi connectivity index (χ1v) is 2.56. The molecule has 0 radical (unpaired) electrons. The van der Waals surface area contributed by atoms with E-state index < -0.39 is 0 Å². The fraction of sp³-hybridized carbons (Fsp3) is 0.800. The molecule has 0 bridgehead atoms. The maximum Gasteiger partial charge on any atom is 0.0878 e. The van der Waals surface area contributed by atoms with Crippen LogP contribution in [0, 0.1) is 0 Å².